The van der Waals surface area contributed by atoms with Crippen LogP contribution in [-0.2, 0) is 9.31 Å². The van der Waals surface area contributed by atoms with Crippen molar-refractivity contribution < 1.29 is 14.6 Å². The average Bonchev–Trinajstić information content (AvgIpc) is 1.41. The lowest BCUT2D eigenvalue weighted by atomic mass is 11.5. The molecule has 0 unspecified atom stereocenters. The fourth-order valence-electron chi connectivity index (χ4n) is 0.0264. The molecule has 0 aromatic rings. The Morgan fingerprint density at radius 3 is 2.40 bits per heavy atom. The second-order valence-corrected chi connectivity index (χ2v) is 0.680. The Hall–Kier alpha value is 0.0969. The summed E-state index contributed by atoms with van der Waals surface area (Å²) < 4.78 is 4.02. The van der Waals surface area contributed by atoms with Crippen LogP contribution in [0.1, 0.15) is 0 Å². The van der Waals surface area contributed by atoms with E-state index in [1.165, 1.54) is 0 Å². The van der Waals surface area contributed by atoms with Crippen LogP contribution in [0.3, 0.4) is 0 Å². The van der Waals surface area contributed by atoms with Crippen LogP contribution in [0.15, 0.2) is 0 Å². The maximum absolute atomic E-state index is 7.41. The normalized spacial score (nSPS) is 8.40. The molecule has 0 bridgehead atoms. The van der Waals surface area contributed by atoms with Gasteiger partial charge in [0.1, 0.15) is 0 Å². The lowest BCUT2D eigenvalue weighted by Crippen LogP contribution is -1.89. The van der Waals surface area contributed by atoms with Crippen molar-refractivity contribution in [1.82, 2.24) is 0 Å². The topological polar surface area (TPSA) is 38.7 Å². The molecule has 0 saturated carbocycles. The highest BCUT2D eigenvalue weighted by Crippen LogP contribution is 1.58. The van der Waals surface area contributed by atoms with Crippen molar-refractivity contribution >= 4 is 10.5 Å². The van der Waals surface area contributed by atoms with Crippen LogP contribution >= 0.6 is 0 Å². The molecule has 4 heteroatoms. The van der Waals surface area contributed by atoms with Gasteiger partial charge in [-0.15, -0.1) is 0 Å². The molecule has 0 amide bonds. The van der Waals surface area contributed by atoms with Crippen LogP contribution in [0.2, 0.25) is 0 Å². The van der Waals surface area contributed by atoms with E-state index < -0.39 is 0 Å². The summed E-state index contributed by atoms with van der Waals surface area (Å²) in [4.78, 5) is 3.42. The van der Waals surface area contributed by atoms with Gasteiger partial charge in [0.25, 0.3) is 0 Å². The van der Waals surface area contributed by atoms with Crippen molar-refractivity contribution in [3.05, 3.63) is 0 Å². The smallest absolute Gasteiger partial charge is 0.249 e. The molecule has 0 rings (SSSR count). The first-order valence-electron chi connectivity index (χ1n) is 0.964. The zero-order chi connectivity index (χ0) is 4.12. The molecule has 0 aromatic carbocycles. The Morgan fingerprint density at radius 2 is 2.40 bits per heavy atom. The summed E-state index contributed by atoms with van der Waals surface area (Å²) in [5.74, 6) is 0. The summed E-state index contributed by atoms with van der Waals surface area (Å²) in [6.07, 6.45) is 0. The van der Waals surface area contributed by atoms with Gasteiger partial charge in [-0.1, -0.05) is 0 Å². The number of rotatable bonds is 2. The quantitative estimate of drug-likeness (QED) is 0.216. The van der Waals surface area contributed by atoms with E-state index in [1.54, 1.807) is 0 Å². The molecule has 0 aliphatic rings. The van der Waals surface area contributed by atoms with Crippen LogP contribution in [0, 0.1) is 0 Å². The monoisotopic (exact) mass is 91.0 g/mol. The average molecular weight is 91.1 g/mol. The third-order valence-corrected chi connectivity index (χ3v) is 0.229. The molecule has 0 aliphatic carbocycles. The van der Waals surface area contributed by atoms with Gasteiger partial charge >= 0.3 is 0 Å². The largest absolute Gasteiger partial charge is 0.394 e. The zero-order valence-electron chi connectivity index (χ0n) is 2.47. The van der Waals surface area contributed by atoms with E-state index in [2.05, 4.69) is 19.8 Å². The highest BCUT2D eigenvalue weighted by molar-refractivity contribution is 5.97. The molecule has 0 fully saturated rings. The molecule has 5 heavy (non-hydrogen) atoms. The Balaban J connectivity index is 2.19. The Bertz CT molecular complexity index is 14.4. The van der Waals surface area contributed by atoms with Crippen molar-refractivity contribution in [2.45, 2.75) is 0 Å². The fraction of sp³-hybridized carbons (Fsp3) is 1.00. The van der Waals surface area contributed by atoms with Crippen molar-refractivity contribution in [1.29, 1.82) is 0 Å². The van der Waals surface area contributed by atoms with Crippen molar-refractivity contribution in [2.24, 2.45) is 0 Å². The second-order valence-electron chi connectivity index (χ2n) is 0.391. The van der Waals surface area contributed by atoms with Gasteiger partial charge in [0.05, 0.1) is 0 Å². The lowest BCUT2D eigenvalue weighted by Gasteiger charge is -1.85. The van der Waals surface area contributed by atoms with Crippen LogP contribution in [0.4, 0.5) is 0 Å². The summed E-state index contributed by atoms with van der Waals surface area (Å²) in [5, 5.41) is 7.41. The molecule has 29 valence electrons. The minimum atomic E-state index is -0.142. The molecule has 0 heterocycles. The van der Waals surface area contributed by atoms with Crippen molar-refractivity contribution in [3.63, 3.8) is 0 Å². The van der Waals surface area contributed by atoms with Crippen LogP contribution < -0.4 is 0 Å². The first kappa shape index (κ1) is 5.10. The molecular weight excluding hydrogens is 88.1 g/mol. The van der Waals surface area contributed by atoms with Crippen LogP contribution in [-0.4, -0.2) is 22.5 Å². The summed E-state index contributed by atoms with van der Waals surface area (Å²) >= 11 is 0. The molecule has 0 spiro atoms. The SMILES string of the molecule is OOCO[Si]. The van der Waals surface area contributed by atoms with Gasteiger partial charge in [-0.05, 0) is 0 Å². The first-order chi connectivity index (χ1) is 2.41. The third kappa shape index (κ3) is 4.10. The van der Waals surface area contributed by atoms with Crippen LogP contribution in [0.25, 0.3) is 0 Å². The summed E-state index contributed by atoms with van der Waals surface area (Å²) in [5.41, 5.74) is 0. The van der Waals surface area contributed by atoms with E-state index in [-0.39, 0.29) is 6.79 Å². The molecule has 0 atom stereocenters. The number of hydrogen-bond donors (Lipinski definition) is 1. The summed E-state index contributed by atoms with van der Waals surface area (Å²) in [6, 6.07) is 0. The molecule has 0 aliphatic heterocycles. The second kappa shape index (κ2) is 4.10. The van der Waals surface area contributed by atoms with Gasteiger partial charge in [-0.3, -0.25) is 0 Å². The van der Waals surface area contributed by atoms with Gasteiger partial charge in [0.15, 0.2) is 6.79 Å². The van der Waals surface area contributed by atoms with Crippen LogP contribution in [0.5, 0.6) is 0 Å². The molecule has 3 radical (unpaired) electrons. The standard InChI is InChI=1S/CH3O3Si/c2-3-1-4-5/h2H,1H2. The highest BCUT2D eigenvalue weighted by Gasteiger charge is 1.66. The molecular formula is CH3O3Si. The third-order valence-electron chi connectivity index (χ3n) is 0.112. The maximum Gasteiger partial charge on any atom is 0.249 e. The Morgan fingerprint density at radius 1 is 1.80 bits per heavy atom. The van der Waals surface area contributed by atoms with E-state index >= 15 is 0 Å². The van der Waals surface area contributed by atoms with Crippen molar-refractivity contribution in [2.75, 3.05) is 6.79 Å². The molecule has 0 aromatic heterocycles. The maximum atomic E-state index is 7.41. The first-order valence-corrected chi connectivity index (χ1v) is 1.37. The van der Waals surface area contributed by atoms with E-state index in [9.17, 15) is 0 Å². The van der Waals surface area contributed by atoms with Crippen molar-refractivity contribution in [3.8, 4) is 0 Å². The van der Waals surface area contributed by atoms with Gasteiger partial charge in [-0.25, -0.2) is 10.1 Å². The Labute approximate surface area is 33.0 Å². The fourth-order valence-corrected chi connectivity index (χ4v) is 0.0791. The van der Waals surface area contributed by atoms with Gasteiger partial charge in [-0.2, -0.15) is 0 Å². The Kier molecular flexibility index (Phi) is 4.18. The summed E-state index contributed by atoms with van der Waals surface area (Å²) in [6.45, 7) is -0.142. The summed E-state index contributed by atoms with van der Waals surface area (Å²) in [7, 11) is 2.57. The van der Waals surface area contributed by atoms with E-state index in [0.717, 1.165) is 0 Å². The predicted molar refractivity (Wildman–Crippen MR) is 15.4 cm³/mol. The zero-order valence-corrected chi connectivity index (χ0v) is 3.47. The number of hydrogen-bond acceptors (Lipinski definition) is 3. The molecule has 0 saturated heterocycles. The van der Waals surface area contributed by atoms with E-state index in [4.69, 9.17) is 5.26 Å². The minimum Gasteiger partial charge on any atom is -0.394 e. The minimum absolute atomic E-state index is 0.142. The van der Waals surface area contributed by atoms with E-state index in [0.29, 0.717) is 0 Å². The molecule has 1 N–H and O–H groups in total. The van der Waals surface area contributed by atoms with Gasteiger partial charge in [0, 0.05) is 0 Å². The van der Waals surface area contributed by atoms with Gasteiger partial charge < -0.3 is 4.43 Å². The molecule has 3 nitrogen and oxygen atoms in total. The highest BCUT2D eigenvalue weighted by atomic mass is 28.2. The lowest BCUT2D eigenvalue weighted by molar-refractivity contribution is -0.278. The predicted octanol–water partition coefficient (Wildman–Crippen LogP) is -0.466. The van der Waals surface area contributed by atoms with Gasteiger partial charge in [0.2, 0.25) is 10.5 Å². The van der Waals surface area contributed by atoms with E-state index in [1.807, 2.05) is 0 Å².